The number of carbonyl (C=O) groups is 3. The smallest absolute Gasteiger partial charge is 0.334 e. The first-order valence-electron chi connectivity index (χ1n) is 8.66. The Kier molecular flexibility index (Phi) is 4.31. The molecule has 5 heteroatoms. The Balaban J connectivity index is 1.98. The van der Waals surface area contributed by atoms with Crippen LogP contribution in [0.1, 0.15) is 40.0 Å². The van der Waals surface area contributed by atoms with Crippen molar-refractivity contribution in [2.75, 3.05) is 0 Å². The first kappa shape index (κ1) is 17.8. The van der Waals surface area contributed by atoms with Crippen molar-refractivity contribution in [3.8, 4) is 0 Å². The van der Waals surface area contributed by atoms with E-state index in [1.807, 2.05) is 13.0 Å². The zero-order chi connectivity index (χ0) is 18.5. The lowest BCUT2D eigenvalue weighted by molar-refractivity contribution is -0.142. The molecule has 0 unspecified atom stereocenters. The highest BCUT2D eigenvalue weighted by Crippen LogP contribution is 2.58. The Bertz CT molecular complexity index is 728. The summed E-state index contributed by atoms with van der Waals surface area (Å²) in [6.45, 7) is 9.11. The zero-order valence-electron chi connectivity index (χ0n) is 14.9. The number of ether oxygens (including phenoxy) is 1. The highest BCUT2D eigenvalue weighted by atomic mass is 16.5. The van der Waals surface area contributed by atoms with Crippen molar-refractivity contribution in [2.45, 2.75) is 52.2 Å². The van der Waals surface area contributed by atoms with Crippen molar-refractivity contribution in [3.63, 3.8) is 0 Å². The second-order valence-corrected chi connectivity index (χ2v) is 7.81. The Morgan fingerprint density at radius 2 is 2.04 bits per heavy atom. The number of hydrogen-bond acceptors (Lipinski definition) is 5. The van der Waals surface area contributed by atoms with E-state index in [0.29, 0.717) is 30.4 Å². The highest BCUT2D eigenvalue weighted by Gasteiger charge is 2.60. The normalized spacial score (nSPS) is 40.6. The van der Waals surface area contributed by atoms with Crippen LogP contribution in [0.3, 0.4) is 0 Å². The summed E-state index contributed by atoms with van der Waals surface area (Å²) in [5.74, 6) is -1.70. The lowest BCUT2D eigenvalue weighted by Crippen LogP contribution is -2.31. The van der Waals surface area contributed by atoms with Gasteiger partial charge >= 0.3 is 5.97 Å². The SMILES string of the molecule is C=C(C)[C@@H]1CCC2=C[C@@H](OC2=O)[C@]2(C)C[C@H]2C(=O)/C=C(\C)C(=O)[C@@H]1O. The van der Waals surface area contributed by atoms with Crippen LogP contribution in [0.25, 0.3) is 0 Å². The summed E-state index contributed by atoms with van der Waals surface area (Å²) < 4.78 is 5.49. The minimum absolute atomic E-state index is 0.149. The van der Waals surface area contributed by atoms with E-state index in [1.165, 1.54) is 6.08 Å². The van der Waals surface area contributed by atoms with Crippen LogP contribution in [-0.4, -0.2) is 34.9 Å². The van der Waals surface area contributed by atoms with Crippen LogP contribution in [-0.2, 0) is 19.1 Å². The molecule has 2 bridgehead atoms. The number of carbonyl (C=O) groups excluding carboxylic acids is 3. The molecule has 3 aliphatic rings. The third-order valence-electron chi connectivity index (χ3n) is 5.88. The van der Waals surface area contributed by atoms with E-state index >= 15 is 0 Å². The molecule has 0 aromatic rings. The fourth-order valence-electron chi connectivity index (χ4n) is 3.89. The maximum absolute atomic E-state index is 12.5. The maximum atomic E-state index is 12.5. The lowest BCUT2D eigenvalue weighted by atomic mass is 9.85. The van der Waals surface area contributed by atoms with E-state index in [0.717, 1.165) is 0 Å². The van der Waals surface area contributed by atoms with E-state index in [9.17, 15) is 19.5 Å². The van der Waals surface area contributed by atoms with Crippen LogP contribution in [0.2, 0.25) is 0 Å². The van der Waals surface area contributed by atoms with Crippen molar-refractivity contribution in [2.24, 2.45) is 17.3 Å². The summed E-state index contributed by atoms with van der Waals surface area (Å²) in [6, 6.07) is 0. The van der Waals surface area contributed by atoms with Gasteiger partial charge in [-0.15, -0.1) is 0 Å². The fourth-order valence-corrected chi connectivity index (χ4v) is 3.89. The summed E-state index contributed by atoms with van der Waals surface area (Å²) in [5.41, 5.74) is 1.08. The van der Waals surface area contributed by atoms with Gasteiger partial charge in [0.2, 0.25) is 0 Å². The Labute approximate surface area is 147 Å². The summed E-state index contributed by atoms with van der Waals surface area (Å²) in [6.07, 6.45) is 2.95. The molecule has 1 saturated carbocycles. The summed E-state index contributed by atoms with van der Waals surface area (Å²) in [7, 11) is 0. The van der Waals surface area contributed by atoms with Crippen molar-refractivity contribution in [1.82, 2.24) is 0 Å². The zero-order valence-corrected chi connectivity index (χ0v) is 14.9. The lowest BCUT2D eigenvalue weighted by Gasteiger charge is -2.22. The van der Waals surface area contributed by atoms with Crippen molar-refractivity contribution < 1.29 is 24.2 Å². The number of aliphatic hydroxyl groups excluding tert-OH is 1. The van der Waals surface area contributed by atoms with Gasteiger partial charge in [-0.05, 0) is 50.8 Å². The fraction of sp³-hybridized carbons (Fsp3) is 0.550. The van der Waals surface area contributed by atoms with Crippen molar-refractivity contribution >= 4 is 17.5 Å². The van der Waals surface area contributed by atoms with Crippen molar-refractivity contribution in [1.29, 1.82) is 0 Å². The largest absolute Gasteiger partial charge is 0.454 e. The van der Waals surface area contributed by atoms with Gasteiger partial charge in [-0.3, -0.25) is 9.59 Å². The van der Waals surface area contributed by atoms with E-state index < -0.39 is 29.3 Å². The number of esters is 1. The van der Waals surface area contributed by atoms with Gasteiger partial charge in [-0.2, -0.15) is 0 Å². The quantitative estimate of drug-likeness (QED) is 0.583. The van der Waals surface area contributed by atoms with Gasteiger partial charge in [0.25, 0.3) is 0 Å². The minimum atomic E-state index is -1.26. The molecule has 1 heterocycles. The molecular formula is C20H24O5. The average molecular weight is 344 g/mol. The van der Waals surface area contributed by atoms with Crippen LogP contribution < -0.4 is 0 Å². The molecule has 5 atom stereocenters. The van der Waals surface area contributed by atoms with Gasteiger partial charge in [0.1, 0.15) is 12.2 Å². The van der Waals surface area contributed by atoms with Gasteiger partial charge in [0.15, 0.2) is 11.6 Å². The first-order chi connectivity index (χ1) is 11.6. The highest BCUT2D eigenvalue weighted by molar-refractivity contribution is 6.06. The van der Waals surface area contributed by atoms with Crippen molar-refractivity contribution in [3.05, 3.63) is 35.5 Å². The Morgan fingerprint density at radius 1 is 1.36 bits per heavy atom. The first-order valence-corrected chi connectivity index (χ1v) is 8.66. The molecule has 2 aliphatic carbocycles. The van der Waals surface area contributed by atoms with Gasteiger partial charge in [0, 0.05) is 22.8 Å². The van der Waals surface area contributed by atoms with E-state index in [1.54, 1.807) is 13.8 Å². The predicted molar refractivity (Wildman–Crippen MR) is 91.5 cm³/mol. The van der Waals surface area contributed by atoms with Crippen LogP contribution >= 0.6 is 0 Å². The molecule has 3 rings (SSSR count). The molecule has 1 aliphatic heterocycles. The molecular weight excluding hydrogens is 320 g/mol. The second kappa shape index (κ2) is 6.06. The molecule has 1 fully saturated rings. The van der Waals surface area contributed by atoms with Gasteiger partial charge in [-0.25, -0.2) is 4.79 Å². The average Bonchev–Trinajstić information content (AvgIpc) is 3.10. The van der Waals surface area contributed by atoms with Gasteiger partial charge < -0.3 is 9.84 Å². The topological polar surface area (TPSA) is 80.7 Å². The number of fused-ring (bicyclic) bond motifs is 3. The number of Topliss-reactive ketones (excluding diaryl/α,β-unsaturated/α-hetero) is 1. The van der Waals surface area contributed by atoms with E-state index in [-0.39, 0.29) is 23.2 Å². The third kappa shape index (κ3) is 3.01. The summed E-state index contributed by atoms with van der Waals surface area (Å²) >= 11 is 0. The number of hydrogen-bond donors (Lipinski definition) is 1. The number of aliphatic hydroxyl groups is 1. The van der Waals surface area contributed by atoms with Gasteiger partial charge in [0.05, 0.1) is 0 Å². The predicted octanol–water partition coefficient (Wildman–Crippen LogP) is 2.30. The molecule has 134 valence electrons. The minimum Gasteiger partial charge on any atom is -0.454 e. The van der Waals surface area contributed by atoms with Crippen LogP contribution in [0, 0.1) is 17.3 Å². The van der Waals surface area contributed by atoms with Crippen LogP contribution in [0.15, 0.2) is 35.5 Å². The Morgan fingerprint density at radius 3 is 2.68 bits per heavy atom. The molecule has 5 nitrogen and oxygen atoms in total. The summed E-state index contributed by atoms with van der Waals surface area (Å²) in [5, 5.41) is 10.5. The standard InChI is InChI=1S/C20H24O5/c1-10(2)13-6-5-12-8-16(25-19(12)24)20(4)9-14(20)15(21)7-11(3)17(22)18(13)23/h7-8,13-14,16,18,23H,1,5-6,9H2,2-4H3/b11-7+/t13-,14-,16+,18+,20+/m0/s1. The monoisotopic (exact) mass is 344 g/mol. The number of ketones is 2. The number of allylic oxidation sites excluding steroid dienone is 1. The third-order valence-corrected chi connectivity index (χ3v) is 5.88. The molecule has 0 radical (unpaired) electrons. The molecule has 25 heavy (non-hydrogen) atoms. The Hall–Kier alpha value is -2.01. The molecule has 0 aromatic carbocycles. The van der Waals surface area contributed by atoms with Crippen LogP contribution in [0.4, 0.5) is 0 Å². The molecule has 0 spiro atoms. The second-order valence-electron chi connectivity index (χ2n) is 7.81. The molecule has 0 aromatic heterocycles. The van der Waals surface area contributed by atoms with Gasteiger partial charge in [-0.1, -0.05) is 19.1 Å². The molecule has 0 amide bonds. The number of rotatable bonds is 1. The maximum Gasteiger partial charge on any atom is 0.334 e. The van der Waals surface area contributed by atoms with E-state index in [4.69, 9.17) is 4.74 Å². The van der Waals surface area contributed by atoms with Crippen LogP contribution in [0.5, 0.6) is 0 Å². The summed E-state index contributed by atoms with van der Waals surface area (Å²) in [4.78, 5) is 37.2. The molecule has 1 N–H and O–H groups in total. The van der Waals surface area contributed by atoms with E-state index in [2.05, 4.69) is 6.58 Å². The molecule has 0 saturated heterocycles.